The third kappa shape index (κ3) is 3.74. The van der Waals surface area contributed by atoms with Crippen LogP contribution in [0.25, 0.3) is 0 Å². The molecule has 1 rings (SSSR count). The van der Waals surface area contributed by atoms with Gasteiger partial charge in [0.1, 0.15) is 0 Å². The third-order valence-electron chi connectivity index (χ3n) is 2.70. The lowest BCUT2D eigenvalue weighted by Gasteiger charge is -2.28. The molecule has 0 spiro atoms. The number of hydrogen-bond donors (Lipinski definition) is 0. The molecule has 0 aromatic carbocycles. The van der Waals surface area contributed by atoms with Gasteiger partial charge in [-0.05, 0) is 6.42 Å². The molecule has 1 fully saturated rings. The molecule has 68 valence electrons. The van der Waals surface area contributed by atoms with Gasteiger partial charge in [-0.15, -0.1) is 0 Å². The summed E-state index contributed by atoms with van der Waals surface area (Å²) < 4.78 is 1.36. The Morgan fingerprint density at radius 3 is 2.18 bits per heavy atom. The lowest BCUT2D eigenvalue weighted by molar-refractivity contribution is -0.897. The smallest absolute Gasteiger partial charge is 0.0786 e. The summed E-state index contributed by atoms with van der Waals surface area (Å²) >= 11 is 0. The Bertz CT molecular complexity index is 97.7. The van der Waals surface area contributed by atoms with Gasteiger partial charge in [-0.1, -0.05) is 13.3 Å². The number of rotatable bonds is 3. The molecule has 1 saturated heterocycles. The molecule has 2 heteroatoms. The van der Waals surface area contributed by atoms with E-state index in [1.54, 1.807) is 0 Å². The van der Waals surface area contributed by atoms with Crippen LogP contribution >= 0.6 is 0 Å². The minimum atomic E-state index is 0. The molecular weight excluding hydrogens is 249 g/mol. The van der Waals surface area contributed by atoms with E-state index >= 15 is 0 Å². The molecule has 0 aromatic heterocycles. The van der Waals surface area contributed by atoms with Crippen LogP contribution < -0.4 is 24.0 Å². The lowest BCUT2D eigenvalue weighted by Crippen LogP contribution is -3.00. The van der Waals surface area contributed by atoms with Crippen LogP contribution in [0.2, 0.25) is 0 Å². The van der Waals surface area contributed by atoms with Crippen molar-refractivity contribution in [1.29, 1.82) is 0 Å². The highest BCUT2D eigenvalue weighted by molar-refractivity contribution is 4.51. The van der Waals surface area contributed by atoms with Crippen LogP contribution in [0, 0.1) is 0 Å². The van der Waals surface area contributed by atoms with E-state index in [4.69, 9.17) is 0 Å². The summed E-state index contributed by atoms with van der Waals surface area (Å²) in [6.45, 7) is 6.55. The van der Waals surface area contributed by atoms with Gasteiger partial charge < -0.3 is 28.5 Å². The van der Waals surface area contributed by atoms with E-state index in [1.165, 1.54) is 49.8 Å². The fourth-order valence-corrected chi connectivity index (χ4v) is 1.86. The molecule has 1 heterocycles. The first-order chi connectivity index (χ1) is 4.77. The van der Waals surface area contributed by atoms with Gasteiger partial charge in [-0.2, -0.15) is 0 Å². The summed E-state index contributed by atoms with van der Waals surface area (Å²) in [5.74, 6) is 0. The van der Waals surface area contributed by atoms with E-state index in [-0.39, 0.29) is 24.0 Å². The predicted molar refractivity (Wildman–Crippen MR) is 44.9 cm³/mol. The van der Waals surface area contributed by atoms with Gasteiger partial charge in [0.25, 0.3) is 0 Å². The number of nitrogens with zero attached hydrogens (tertiary/aromatic N) is 1. The molecule has 0 amide bonds. The second-order valence-electron chi connectivity index (χ2n) is 3.85. The van der Waals surface area contributed by atoms with Gasteiger partial charge in [0, 0.05) is 12.8 Å². The fourth-order valence-electron chi connectivity index (χ4n) is 1.86. The Morgan fingerprint density at radius 1 is 1.18 bits per heavy atom. The van der Waals surface area contributed by atoms with Gasteiger partial charge in [-0.3, -0.25) is 0 Å². The lowest BCUT2D eigenvalue weighted by atomic mass is 10.3. The molecule has 0 saturated carbocycles. The Kier molecular flexibility index (Phi) is 5.69. The van der Waals surface area contributed by atoms with Crippen LogP contribution in [0.3, 0.4) is 0 Å². The zero-order valence-electron chi connectivity index (χ0n) is 7.77. The van der Waals surface area contributed by atoms with Crippen molar-refractivity contribution in [2.24, 2.45) is 0 Å². The normalized spacial score (nSPS) is 21.3. The molecule has 0 aromatic rings. The van der Waals surface area contributed by atoms with E-state index in [1.807, 2.05) is 0 Å². The van der Waals surface area contributed by atoms with Gasteiger partial charge >= 0.3 is 0 Å². The fraction of sp³-hybridized carbons (Fsp3) is 1.00. The minimum Gasteiger partial charge on any atom is -1.00 e. The summed E-state index contributed by atoms with van der Waals surface area (Å²) in [7, 11) is 2.41. The zero-order chi connectivity index (χ0) is 7.45. The average Bonchev–Trinajstić information content (AvgIpc) is 2.33. The van der Waals surface area contributed by atoms with E-state index in [0.717, 1.165) is 0 Å². The maximum absolute atomic E-state index is 2.41. The molecule has 0 aliphatic carbocycles. The highest BCUT2D eigenvalue weighted by atomic mass is 127. The van der Waals surface area contributed by atoms with Crippen molar-refractivity contribution in [1.82, 2.24) is 0 Å². The number of quaternary nitrogens is 1. The van der Waals surface area contributed by atoms with Crippen molar-refractivity contribution < 1.29 is 28.5 Å². The van der Waals surface area contributed by atoms with Crippen molar-refractivity contribution in [3.05, 3.63) is 0 Å². The molecule has 0 atom stereocenters. The molecule has 0 unspecified atom stereocenters. The van der Waals surface area contributed by atoms with Crippen LogP contribution in [0.5, 0.6) is 0 Å². The van der Waals surface area contributed by atoms with Crippen molar-refractivity contribution in [2.75, 3.05) is 26.7 Å². The van der Waals surface area contributed by atoms with E-state index < -0.39 is 0 Å². The number of likely N-dealkylation sites (tertiary alicyclic amines) is 1. The summed E-state index contributed by atoms with van der Waals surface area (Å²) in [6.07, 6.45) is 5.69. The zero-order valence-corrected chi connectivity index (χ0v) is 9.93. The monoisotopic (exact) mass is 269 g/mol. The quantitative estimate of drug-likeness (QED) is 0.457. The van der Waals surface area contributed by atoms with Crippen LogP contribution in [0.1, 0.15) is 32.6 Å². The second kappa shape index (κ2) is 5.36. The molecule has 0 bridgehead atoms. The van der Waals surface area contributed by atoms with Crippen molar-refractivity contribution >= 4 is 0 Å². The number of unbranched alkanes of at least 4 members (excludes halogenated alkanes) is 1. The van der Waals surface area contributed by atoms with E-state index in [2.05, 4.69) is 14.0 Å². The maximum atomic E-state index is 2.41. The third-order valence-corrected chi connectivity index (χ3v) is 2.70. The summed E-state index contributed by atoms with van der Waals surface area (Å²) in [5, 5.41) is 0. The SMILES string of the molecule is CCCC[N+]1(C)CCCC1.[I-]. The first-order valence-electron chi connectivity index (χ1n) is 4.60. The first-order valence-corrected chi connectivity index (χ1v) is 4.60. The largest absolute Gasteiger partial charge is 1.00 e. The molecule has 0 N–H and O–H groups in total. The Labute approximate surface area is 87.8 Å². The Balaban J connectivity index is 0.000001000. The molecule has 1 aliphatic rings. The van der Waals surface area contributed by atoms with Crippen molar-refractivity contribution in [3.8, 4) is 0 Å². The van der Waals surface area contributed by atoms with Gasteiger partial charge in [0.2, 0.25) is 0 Å². The molecular formula is C9H20IN. The maximum Gasteiger partial charge on any atom is 0.0786 e. The van der Waals surface area contributed by atoms with Crippen molar-refractivity contribution in [2.45, 2.75) is 32.6 Å². The van der Waals surface area contributed by atoms with Crippen LogP contribution in [-0.2, 0) is 0 Å². The molecule has 0 radical (unpaired) electrons. The van der Waals surface area contributed by atoms with Crippen molar-refractivity contribution in [3.63, 3.8) is 0 Å². The highest BCUT2D eigenvalue weighted by Crippen LogP contribution is 2.16. The summed E-state index contributed by atoms with van der Waals surface area (Å²) in [4.78, 5) is 0. The van der Waals surface area contributed by atoms with E-state index in [9.17, 15) is 0 Å². The Hall–Kier alpha value is 0.690. The highest BCUT2D eigenvalue weighted by Gasteiger charge is 2.25. The van der Waals surface area contributed by atoms with E-state index in [0.29, 0.717) is 0 Å². The molecule has 1 aliphatic heterocycles. The topological polar surface area (TPSA) is 0 Å². The summed E-state index contributed by atoms with van der Waals surface area (Å²) in [5.41, 5.74) is 0. The second-order valence-corrected chi connectivity index (χ2v) is 3.85. The Morgan fingerprint density at radius 2 is 1.73 bits per heavy atom. The molecule has 11 heavy (non-hydrogen) atoms. The number of halogens is 1. The van der Waals surface area contributed by atoms with Crippen LogP contribution in [0.15, 0.2) is 0 Å². The standard InChI is InChI=1S/C9H20N.HI/c1-3-4-7-10(2)8-5-6-9-10;/h3-9H2,1-2H3;1H/q+1;/p-1. The number of hydrogen-bond acceptors (Lipinski definition) is 0. The van der Waals surface area contributed by atoms with Crippen LogP contribution in [0.4, 0.5) is 0 Å². The van der Waals surface area contributed by atoms with Gasteiger partial charge in [0.05, 0.1) is 26.7 Å². The first kappa shape index (κ1) is 11.7. The summed E-state index contributed by atoms with van der Waals surface area (Å²) in [6, 6.07) is 0. The van der Waals surface area contributed by atoms with Gasteiger partial charge in [0.15, 0.2) is 0 Å². The average molecular weight is 269 g/mol. The predicted octanol–water partition coefficient (Wildman–Crippen LogP) is -0.969. The van der Waals surface area contributed by atoms with Gasteiger partial charge in [-0.25, -0.2) is 0 Å². The minimum absolute atomic E-state index is 0. The molecule has 1 nitrogen and oxygen atoms in total. The van der Waals surface area contributed by atoms with Crippen LogP contribution in [-0.4, -0.2) is 31.2 Å².